The topological polar surface area (TPSA) is 150 Å². The first kappa shape index (κ1) is 17.0. The Balaban J connectivity index is 0.000000321. The van der Waals surface area contributed by atoms with Gasteiger partial charge in [-0.25, -0.2) is 9.13 Å². The lowest BCUT2D eigenvalue weighted by Crippen LogP contribution is -1.84. The maximum atomic E-state index is 9.63. The second kappa shape index (κ2) is 6.82. The number of hydrogen-bond donors (Lipinski definition) is 5. The van der Waals surface area contributed by atoms with Crippen LogP contribution >= 0.6 is 15.6 Å². The molecule has 18 heavy (non-hydrogen) atoms. The van der Waals surface area contributed by atoms with E-state index in [-0.39, 0.29) is 0 Å². The lowest BCUT2D eigenvalue weighted by molar-refractivity contribution is 0.225. The first-order valence-electron chi connectivity index (χ1n) is 4.34. The maximum absolute atomic E-state index is 9.63. The summed E-state index contributed by atoms with van der Waals surface area (Å²) in [4.78, 5) is 31.0. The largest absolute Gasteiger partial charge is 0.478 e. The van der Waals surface area contributed by atoms with E-state index in [1.807, 2.05) is 24.3 Å². The summed E-state index contributed by atoms with van der Waals surface area (Å²) in [5.41, 5.74) is 7.34. The third-order valence-corrected chi connectivity index (χ3v) is 3.09. The SMILES string of the molecule is C=Cc1ccc(N)cc1.O=P(O)(O)OP(=O)(O)O. The van der Waals surface area contributed by atoms with Crippen LogP contribution in [0.2, 0.25) is 0 Å². The van der Waals surface area contributed by atoms with Gasteiger partial charge in [-0.3, -0.25) is 0 Å². The van der Waals surface area contributed by atoms with Crippen LogP contribution in [0.3, 0.4) is 0 Å². The minimum Gasteiger partial charge on any atom is -0.399 e. The highest BCUT2D eigenvalue weighted by molar-refractivity contribution is 7.60. The highest BCUT2D eigenvalue weighted by atomic mass is 31.3. The Labute approximate surface area is 103 Å². The van der Waals surface area contributed by atoms with E-state index in [0.717, 1.165) is 11.3 Å². The van der Waals surface area contributed by atoms with Crippen LogP contribution in [-0.4, -0.2) is 19.6 Å². The lowest BCUT2D eigenvalue weighted by Gasteiger charge is -2.03. The van der Waals surface area contributed by atoms with Gasteiger partial charge in [0, 0.05) is 5.69 Å². The van der Waals surface area contributed by atoms with Crippen molar-refractivity contribution in [2.75, 3.05) is 5.73 Å². The monoisotopic (exact) mass is 297 g/mol. The van der Waals surface area contributed by atoms with Gasteiger partial charge in [0.1, 0.15) is 0 Å². The van der Waals surface area contributed by atoms with Gasteiger partial charge in [0.25, 0.3) is 0 Å². The molecule has 0 saturated heterocycles. The molecule has 1 rings (SSSR count). The number of nitrogen functional groups attached to an aromatic ring is 1. The zero-order chi connectivity index (χ0) is 14.4. The van der Waals surface area contributed by atoms with Crippen LogP contribution in [0, 0.1) is 0 Å². The molecule has 0 aliphatic heterocycles. The quantitative estimate of drug-likeness (QED) is 0.411. The molecule has 0 radical (unpaired) electrons. The van der Waals surface area contributed by atoms with Crippen LogP contribution in [0.5, 0.6) is 0 Å². The molecule has 0 heterocycles. The fraction of sp³-hybridized carbons (Fsp3) is 0. The Hall–Kier alpha value is -0.980. The fourth-order valence-corrected chi connectivity index (χ4v) is 1.88. The Morgan fingerprint density at radius 3 is 1.67 bits per heavy atom. The summed E-state index contributed by atoms with van der Waals surface area (Å²) in [5.74, 6) is 0. The van der Waals surface area contributed by atoms with Gasteiger partial charge in [0.2, 0.25) is 0 Å². The molecule has 0 fully saturated rings. The molecule has 1 aromatic carbocycles. The van der Waals surface area contributed by atoms with Crippen molar-refractivity contribution < 1.29 is 33.0 Å². The van der Waals surface area contributed by atoms with Crippen molar-refractivity contribution >= 4 is 27.4 Å². The van der Waals surface area contributed by atoms with Gasteiger partial charge in [0.15, 0.2) is 0 Å². The van der Waals surface area contributed by atoms with Gasteiger partial charge < -0.3 is 25.3 Å². The smallest absolute Gasteiger partial charge is 0.399 e. The van der Waals surface area contributed by atoms with Crippen LogP contribution in [0.4, 0.5) is 5.69 Å². The minimum absolute atomic E-state index is 0.792. The van der Waals surface area contributed by atoms with Gasteiger partial charge in [0.05, 0.1) is 0 Å². The number of hydrogen-bond acceptors (Lipinski definition) is 4. The molecule has 0 aromatic heterocycles. The van der Waals surface area contributed by atoms with E-state index < -0.39 is 15.6 Å². The maximum Gasteiger partial charge on any atom is 0.478 e. The average Bonchev–Trinajstić information content (AvgIpc) is 2.14. The van der Waals surface area contributed by atoms with E-state index in [4.69, 9.17) is 25.3 Å². The van der Waals surface area contributed by atoms with Crippen molar-refractivity contribution in [1.29, 1.82) is 0 Å². The van der Waals surface area contributed by atoms with Crippen molar-refractivity contribution in [3.05, 3.63) is 36.4 Å². The van der Waals surface area contributed by atoms with Gasteiger partial charge in [-0.05, 0) is 17.7 Å². The Bertz CT molecular complexity index is 455. The zero-order valence-electron chi connectivity index (χ0n) is 9.08. The summed E-state index contributed by atoms with van der Waals surface area (Å²) in [6.45, 7) is 3.62. The third kappa shape index (κ3) is 10.2. The Morgan fingerprint density at radius 2 is 1.44 bits per heavy atom. The zero-order valence-corrected chi connectivity index (χ0v) is 10.9. The molecule has 0 aliphatic rings. The Morgan fingerprint density at radius 1 is 1.06 bits per heavy atom. The highest BCUT2D eigenvalue weighted by Gasteiger charge is 2.27. The van der Waals surface area contributed by atoms with E-state index >= 15 is 0 Å². The summed E-state index contributed by atoms with van der Waals surface area (Å²) in [7, 11) is -10.1. The van der Waals surface area contributed by atoms with Crippen LogP contribution in [0.1, 0.15) is 5.56 Å². The van der Waals surface area contributed by atoms with E-state index in [1.54, 1.807) is 6.08 Å². The fourth-order valence-electron chi connectivity index (χ4n) is 0.771. The van der Waals surface area contributed by atoms with E-state index in [1.165, 1.54) is 0 Å². The van der Waals surface area contributed by atoms with Crippen LogP contribution in [-0.2, 0) is 13.4 Å². The summed E-state index contributed by atoms with van der Waals surface area (Å²) in [5, 5.41) is 0. The van der Waals surface area contributed by atoms with Gasteiger partial charge in [-0.15, -0.1) is 0 Å². The predicted molar refractivity (Wildman–Crippen MR) is 66.1 cm³/mol. The number of anilines is 1. The predicted octanol–water partition coefficient (Wildman–Crippen LogP) is 1.10. The second-order valence-electron chi connectivity index (χ2n) is 2.93. The van der Waals surface area contributed by atoms with Crippen LogP contribution in [0.25, 0.3) is 6.08 Å². The van der Waals surface area contributed by atoms with Gasteiger partial charge in [-0.1, -0.05) is 24.8 Å². The molecule has 0 saturated carbocycles. The molecule has 0 unspecified atom stereocenters. The first-order chi connectivity index (χ1) is 8.03. The van der Waals surface area contributed by atoms with Crippen molar-refractivity contribution in [3.8, 4) is 0 Å². The van der Waals surface area contributed by atoms with Crippen molar-refractivity contribution in [2.24, 2.45) is 0 Å². The molecule has 102 valence electrons. The number of phosphoric acid groups is 2. The first-order valence-corrected chi connectivity index (χ1v) is 7.40. The standard InChI is InChI=1S/C8H9N.H4O7P2/c1-2-7-3-5-8(9)6-4-7;1-8(2,3)7-9(4,5)6/h2-6H,1,9H2;(H2,1,2,3)(H2,4,5,6). The number of nitrogens with two attached hydrogens (primary N) is 1. The van der Waals surface area contributed by atoms with Crippen LogP contribution in [0.15, 0.2) is 30.8 Å². The molecule has 10 heteroatoms. The molecule has 6 N–H and O–H groups in total. The van der Waals surface area contributed by atoms with E-state index in [0.29, 0.717) is 0 Å². The third-order valence-electron chi connectivity index (χ3n) is 1.38. The molecule has 0 atom stereocenters. The van der Waals surface area contributed by atoms with Crippen molar-refractivity contribution in [3.63, 3.8) is 0 Å². The second-order valence-corrected chi connectivity index (χ2v) is 5.55. The molecule has 0 amide bonds. The van der Waals surface area contributed by atoms with Crippen molar-refractivity contribution in [1.82, 2.24) is 0 Å². The van der Waals surface area contributed by atoms with Crippen molar-refractivity contribution in [2.45, 2.75) is 0 Å². The van der Waals surface area contributed by atoms with E-state index in [2.05, 4.69) is 10.9 Å². The molecule has 8 nitrogen and oxygen atoms in total. The van der Waals surface area contributed by atoms with Gasteiger partial charge in [-0.2, -0.15) is 4.31 Å². The van der Waals surface area contributed by atoms with Crippen LogP contribution < -0.4 is 5.73 Å². The molecule has 0 bridgehead atoms. The molecule has 0 aliphatic carbocycles. The molecule has 0 spiro atoms. The number of benzene rings is 1. The Kier molecular flexibility index (Phi) is 6.45. The highest BCUT2D eigenvalue weighted by Crippen LogP contribution is 2.53. The van der Waals surface area contributed by atoms with Gasteiger partial charge >= 0.3 is 15.6 Å². The normalized spacial score (nSPS) is 11.3. The molecular formula is C8H13NO7P2. The summed E-state index contributed by atoms with van der Waals surface area (Å²) in [6, 6.07) is 7.58. The lowest BCUT2D eigenvalue weighted by atomic mass is 10.2. The summed E-state index contributed by atoms with van der Waals surface area (Å²) in [6.07, 6.45) is 1.79. The minimum atomic E-state index is -5.05. The molecular weight excluding hydrogens is 284 g/mol. The average molecular weight is 297 g/mol. The summed E-state index contributed by atoms with van der Waals surface area (Å²) >= 11 is 0. The van der Waals surface area contributed by atoms with E-state index in [9.17, 15) is 9.13 Å². The summed E-state index contributed by atoms with van der Waals surface area (Å²) < 4.78 is 22.2. The molecule has 1 aromatic rings. The number of rotatable bonds is 3.